The van der Waals surface area contributed by atoms with Gasteiger partial charge in [0, 0.05) is 11.7 Å². The average Bonchev–Trinajstić information content (AvgIpc) is 2.25. The van der Waals surface area contributed by atoms with Gasteiger partial charge < -0.3 is 5.73 Å². The SMILES string of the molecule is Nc1cc(CC2CCCCS2)nnc1Cl. The Bertz CT molecular complexity index is 339. The van der Waals surface area contributed by atoms with E-state index >= 15 is 0 Å². The van der Waals surface area contributed by atoms with E-state index < -0.39 is 0 Å². The first-order valence-corrected chi connectivity index (χ1v) is 6.57. The van der Waals surface area contributed by atoms with Crippen LogP contribution in [0.2, 0.25) is 5.15 Å². The maximum atomic E-state index is 5.72. The molecule has 1 atom stereocenters. The maximum Gasteiger partial charge on any atom is 0.174 e. The number of nitrogens with two attached hydrogens (primary N) is 1. The van der Waals surface area contributed by atoms with Gasteiger partial charge in [0.15, 0.2) is 5.15 Å². The molecule has 1 saturated heterocycles. The fraction of sp³-hybridized carbons (Fsp3) is 0.600. The number of anilines is 1. The molecule has 0 aromatic carbocycles. The van der Waals surface area contributed by atoms with Crippen molar-refractivity contribution in [3.05, 3.63) is 16.9 Å². The van der Waals surface area contributed by atoms with E-state index in [2.05, 4.69) is 10.2 Å². The quantitative estimate of drug-likeness (QED) is 0.867. The summed E-state index contributed by atoms with van der Waals surface area (Å²) < 4.78 is 0. The zero-order chi connectivity index (χ0) is 10.7. The van der Waals surface area contributed by atoms with Gasteiger partial charge in [-0.15, -0.1) is 5.10 Å². The van der Waals surface area contributed by atoms with Crippen molar-refractivity contribution in [2.75, 3.05) is 11.5 Å². The van der Waals surface area contributed by atoms with Gasteiger partial charge in [-0.1, -0.05) is 18.0 Å². The minimum Gasteiger partial charge on any atom is -0.396 e. The molecule has 3 nitrogen and oxygen atoms in total. The zero-order valence-corrected chi connectivity index (χ0v) is 10.0. The maximum absolute atomic E-state index is 5.72. The van der Waals surface area contributed by atoms with Gasteiger partial charge in [-0.2, -0.15) is 16.9 Å². The van der Waals surface area contributed by atoms with Crippen LogP contribution >= 0.6 is 23.4 Å². The summed E-state index contributed by atoms with van der Waals surface area (Å²) in [5.41, 5.74) is 7.17. The fourth-order valence-electron chi connectivity index (χ4n) is 1.74. The highest BCUT2D eigenvalue weighted by molar-refractivity contribution is 7.99. The first-order chi connectivity index (χ1) is 7.25. The van der Waals surface area contributed by atoms with Gasteiger partial charge in [0.25, 0.3) is 0 Å². The van der Waals surface area contributed by atoms with Crippen LogP contribution in [0.15, 0.2) is 6.07 Å². The van der Waals surface area contributed by atoms with Gasteiger partial charge in [0.05, 0.1) is 11.4 Å². The van der Waals surface area contributed by atoms with Gasteiger partial charge in [0.2, 0.25) is 0 Å². The molecule has 1 unspecified atom stereocenters. The molecule has 1 aromatic rings. The number of hydrogen-bond donors (Lipinski definition) is 1. The zero-order valence-electron chi connectivity index (χ0n) is 8.45. The Labute approximate surface area is 98.8 Å². The van der Waals surface area contributed by atoms with Gasteiger partial charge in [-0.05, 0) is 24.7 Å². The van der Waals surface area contributed by atoms with E-state index in [0.717, 1.165) is 12.1 Å². The second-order valence-corrected chi connectivity index (χ2v) is 5.54. The van der Waals surface area contributed by atoms with Gasteiger partial charge in [0.1, 0.15) is 0 Å². The Morgan fingerprint density at radius 1 is 1.47 bits per heavy atom. The van der Waals surface area contributed by atoms with Crippen molar-refractivity contribution < 1.29 is 0 Å². The number of thioether (sulfide) groups is 1. The molecule has 5 heteroatoms. The van der Waals surface area contributed by atoms with E-state index in [1.165, 1.54) is 25.0 Å². The number of aromatic nitrogens is 2. The molecule has 2 N–H and O–H groups in total. The second-order valence-electron chi connectivity index (χ2n) is 3.77. The number of nitrogens with zero attached hydrogens (tertiary/aromatic N) is 2. The van der Waals surface area contributed by atoms with Crippen molar-refractivity contribution in [3.8, 4) is 0 Å². The Morgan fingerprint density at radius 2 is 2.33 bits per heavy atom. The average molecular weight is 244 g/mol. The van der Waals surface area contributed by atoms with Gasteiger partial charge in [-0.25, -0.2) is 0 Å². The van der Waals surface area contributed by atoms with E-state index in [9.17, 15) is 0 Å². The lowest BCUT2D eigenvalue weighted by atomic mass is 10.1. The molecule has 82 valence electrons. The summed E-state index contributed by atoms with van der Waals surface area (Å²) in [6.45, 7) is 0. The summed E-state index contributed by atoms with van der Waals surface area (Å²) in [5, 5.41) is 8.86. The van der Waals surface area contributed by atoms with Crippen molar-refractivity contribution in [2.24, 2.45) is 0 Å². The number of hydrogen-bond acceptors (Lipinski definition) is 4. The van der Waals surface area contributed by atoms with E-state index in [4.69, 9.17) is 17.3 Å². The molecule has 2 rings (SSSR count). The summed E-state index contributed by atoms with van der Waals surface area (Å²) >= 11 is 7.75. The van der Waals surface area contributed by atoms with Gasteiger partial charge in [-0.3, -0.25) is 0 Å². The molecule has 0 saturated carbocycles. The molecule has 0 radical (unpaired) electrons. The van der Waals surface area contributed by atoms with Crippen molar-refractivity contribution in [3.63, 3.8) is 0 Å². The van der Waals surface area contributed by atoms with Crippen molar-refractivity contribution >= 4 is 29.1 Å². The van der Waals surface area contributed by atoms with Crippen molar-refractivity contribution in [2.45, 2.75) is 30.9 Å². The lowest BCUT2D eigenvalue weighted by molar-refractivity contribution is 0.651. The van der Waals surface area contributed by atoms with Crippen LogP contribution in [0, 0.1) is 0 Å². The van der Waals surface area contributed by atoms with Crippen LogP contribution in [0.4, 0.5) is 5.69 Å². The van der Waals surface area contributed by atoms with Gasteiger partial charge >= 0.3 is 0 Å². The molecule has 0 amide bonds. The number of rotatable bonds is 2. The van der Waals surface area contributed by atoms with Crippen LogP contribution in [-0.4, -0.2) is 21.2 Å². The Morgan fingerprint density at radius 3 is 3.00 bits per heavy atom. The third-order valence-electron chi connectivity index (χ3n) is 2.54. The van der Waals surface area contributed by atoms with Crippen LogP contribution < -0.4 is 5.73 Å². The van der Waals surface area contributed by atoms with Crippen LogP contribution in [0.3, 0.4) is 0 Å². The third-order valence-corrected chi connectivity index (χ3v) is 4.23. The number of nitrogen functional groups attached to an aromatic ring is 1. The van der Waals surface area contributed by atoms with E-state index in [-0.39, 0.29) is 0 Å². The molecule has 1 aromatic heterocycles. The Hall–Kier alpha value is -0.480. The van der Waals surface area contributed by atoms with E-state index in [1.54, 1.807) is 0 Å². The molecule has 1 aliphatic rings. The topological polar surface area (TPSA) is 51.8 Å². The summed E-state index contributed by atoms with van der Waals surface area (Å²) in [6, 6.07) is 1.84. The highest BCUT2D eigenvalue weighted by atomic mass is 35.5. The molecule has 0 aliphatic carbocycles. The highest BCUT2D eigenvalue weighted by Crippen LogP contribution is 2.28. The van der Waals surface area contributed by atoms with Crippen LogP contribution in [0.5, 0.6) is 0 Å². The molecule has 0 bridgehead atoms. The van der Waals surface area contributed by atoms with Crippen LogP contribution in [0.1, 0.15) is 25.0 Å². The first-order valence-electron chi connectivity index (χ1n) is 5.15. The number of halogens is 1. The van der Waals surface area contributed by atoms with Crippen molar-refractivity contribution in [1.29, 1.82) is 0 Å². The lowest BCUT2D eigenvalue weighted by Gasteiger charge is -2.20. The largest absolute Gasteiger partial charge is 0.396 e. The summed E-state index contributed by atoms with van der Waals surface area (Å²) in [5.74, 6) is 1.27. The highest BCUT2D eigenvalue weighted by Gasteiger charge is 2.15. The Kier molecular flexibility index (Phi) is 3.70. The fourth-order valence-corrected chi connectivity index (χ4v) is 3.15. The lowest BCUT2D eigenvalue weighted by Crippen LogP contribution is -2.14. The molecule has 15 heavy (non-hydrogen) atoms. The Balaban J connectivity index is 2.00. The monoisotopic (exact) mass is 243 g/mol. The van der Waals surface area contributed by atoms with Crippen LogP contribution in [0.25, 0.3) is 0 Å². The summed E-state index contributed by atoms with van der Waals surface area (Å²) in [7, 11) is 0. The van der Waals surface area contributed by atoms with Crippen molar-refractivity contribution in [1.82, 2.24) is 10.2 Å². The minimum absolute atomic E-state index is 0.301. The first kappa shape index (κ1) is 11.0. The standard InChI is InChI=1S/C10H14ClN3S/c11-10-9(12)6-7(13-14-10)5-8-3-1-2-4-15-8/h6,8H,1-5H2,(H2,12,13). The predicted molar refractivity (Wildman–Crippen MR) is 65.3 cm³/mol. The molecular formula is C10H14ClN3S. The predicted octanol–water partition coefficient (Wildman–Crippen LogP) is 2.54. The summed E-state index contributed by atoms with van der Waals surface area (Å²) in [4.78, 5) is 0. The van der Waals surface area contributed by atoms with E-state index in [0.29, 0.717) is 16.1 Å². The van der Waals surface area contributed by atoms with Crippen LogP contribution in [-0.2, 0) is 6.42 Å². The third kappa shape index (κ3) is 2.98. The molecule has 0 spiro atoms. The summed E-state index contributed by atoms with van der Waals surface area (Å²) in [6.07, 6.45) is 4.90. The molecule has 2 heterocycles. The smallest absolute Gasteiger partial charge is 0.174 e. The van der Waals surface area contributed by atoms with E-state index in [1.807, 2.05) is 17.8 Å². The molecule has 1 fully saturated rings. The minimum atomic E-state index is 0.301. The second kappa shape index (κ2) is 5.03. The molecule has 1 aliphatic heterocycles. The normalized spacial score (nSPS) is 21.5. The molecular weight excluding hydrogens is 230 g/mol.